The zero-order valence-corrected chi connectivity index (χ0v) is 24.2. The van der Waals surface area contributed by atoms with E-state index in [0.29, 0.717) is 21.8 Å². The van der Waals surface area contributed by atoms with Crippen molar-refractivity contribution in [2.45, 2.75) is 24.2 Å². The molecule has 0 aliphatic heterocycles. The van der Waals surface area contributed by atoms with E-state index in [4.69, 9.17) is 14.6 Å². The van der Waals surface area contributed by atoms with Crippen LogP contribution in [0.15, 0.2) is 90.1 Å². The number of amides is 1. The van der Waals surface area contributed by atoms with Crippen molar-refractivity contribution < 1.29 is 51.3 Å². The maximum Gasteiger partial charge on any atom is 0.490 e. The Morgan fingerprint density at radius 2 is 1.56 bits per heavy atom. The summed E-state index contributed by atoms with van der Waals surface area (Å²) in [6.07, 6.45) is -0.0909. The fourth-order valence-electron chi connectivity index (χ4n) is 3.87. The lowest BCUT2D eigenvalue weighted by atomic mass is 10.1. The average molecular weight is 649 g/mol. The molecule has 0 spiro atoms. The first kappa shape index (κ1) is 34.5. The van der Waals surface area contributed by atoms with Crippen LogP contribution in [-0.2, 0) is 22.7 Å². The number of carbonyl (C=O) groups excluding carboxylic acids is 1. The molecule has 0 atom stereocenters. The Bertz CT molecular complexity index is 1640. The highest BCUT2D eigenvalue weighted by atomic mass is 32.2. The number of nitrogens with zero attached hydrogens (tertiary/aromatic N) is 2. The second-order valence-corrected chi connectivity index (χ2v) is 10.0. The van der Waals surface area contributed by atoms with Crippen molar-refractivity contribution in [2.75, 3.05) is 12.8 Å². The van der Waals surface area contributed by atoms with E-state index in [-0.39, 0.29) is 13.2 Å². The van der Waals surface area contributed by atoms with Crippen LogP contribution in [0.3, 0.4) is 0 Å². The van der Waals surface area contributed by atoms with Gasteiger partial charge in [0.2, 0.25) is 0 Å². The summed E-state index contributed by atoms with van der Waals surface area (Å²) in [6, 6.07) is 19.7. The molecule has 0 unspecified atom stereocenters. The number of carboxylic acids is 2. The van der Waals surface area contributed by atoms with Crippen LogP contribution >= 0.6 is 11.8 Å². The van der Waals surface area contributed by atoms with Gasteiger partial charge in [0.15, 0.2) is 11.6 Å². The second kappa shape index (κ2) is 15.7. The first-order valence-electron chi connectivity index (χ1n) is 12.8. The summed E-state index contributed by atoms with van der Waals surface area (Å²) in [5.74, 6) is -5.52. The minimum atomic E-state index is -5.08. The first-order valence-corrected chi connectivity index (χ1v) is 14.1. The molecule has 236 valence electrons. The van der Waals surface area contributed by atoms with E-state index < -0.39 is 42.2 Å². The minimum Gasteiger partial charge on any atom is -0.489 e. The highest BCUT2D eigenvalue weighted by Gasteiger charge is 2.38. The number of hydrogen-bond acceptors (Lipinski definition) is 6. The third-order valence-corrected chi connectivity index (χ3v) is 6.72. The van der Waals surface area contributed by atoms with E-state index in [1.165, 1.54) is 28.8 Å². The monoisotopic (exact) mass is 648 g/mol. The molecular weight excluding hydrogens is 623 g/mol. The largest absolute Gasteiger partial charge is 0.490 e. The van der Waals surface area contributed by atoms with Crippen LogP contribution in [0.1, 0.15) is 21.5 Å². The van der Waals surface area contributed by atoms with E-state index in [9.17, 15) is 36.6 Å². The van der Waals surface area contributed by atoms with Crippen LogP contribution < -0.4 is 4.74 Å². The van der Waals surface area contributed by atoms with Gasteiger partial charge in [-0.05, 0) is 71.0 Å². The summed E-state index contributed by atoms with van der Waals surface area (Å²) in [5.41, 5.74) is 3.10. The number of pyridine rings is 1. The van der Waals surface area contributed by atoms with Crippen molar-refractivity contribution in [3.8, 4) is 16.9 Å². The maximum absolute atomic E-state index is 13.8. The quantitative estimate of drug-likeness (QED) is 0.144. The Balaban J connectivity index is 0.000000707. The van der Waals surface area contributed by atoms with Crippen LogP contribution in [0.5, 0.6) is 5.75 Å². The van der Waals surface area contributed by atoms with Crippen molar-refractivity contribution >= 4 is 29.6 Å². The van der Waals surface area contributed by atoms with E-state index in [2.05, 4.69) is 4.98 Å². The lowest BCUT2D eigenvalue weighted by molar-refractivity contribution is -0.192. The molecule has 2 N–H and O–H groups in total. The van der Waals surface area contributed by atoms with Gasteiger partial charge in [0, 0.05) is 29.4 Å². The van der Waals surface area contributed by atoms with Crippen LogP contribution in [-0.4, -0.2) is 56.9 Å². The number of benzene rings is 3. The molecule has 4 rings (SSSR count). The number of carbonyl (C=O) groups is 3. The number of hydrogen-bond donors (Lipinski definition) is 2. The number of alkyl halides is 3. The Morgan fingerprint density at radius 1 is 0.911 bits per heavy atom. The summed E-state index contributed by atoms with van der Waals surface area (Å²) in [6.45, 7) is -0.164. The molecule has 0 radical (unpaired) electrons. The van der Waals surface area contributed by atoms with E-state index in [1.54, 1.807) is 79.3 Å². The predicted octanol–water partition coefficient (Wildman–Crippen LogP) is 6.69. The Labute approximate surface area is 258 Å². The average Bonchev–Trinajstić information content (AvgIpc) is 3.01. The lowest BCUT2D eigenvalue weighted by Gasteiger charge is -2.21. The van der Waals surface area contributed by atoms with Gasteiger partial charge in [0.05, 0.1) is 0 Å². The number of thioether (sulfide) groups is 1. The maximum atomic E-state index is 13.8. The number of aliphatic carboxylic acids is 2. The molecule has 4 aromatic rings. The van der Waals surface area contributed by atoms with Crippen molar-refractivity contribution in [1.82, 2.24) is 9.88 Å². The van der Waals surface area contributed by atoms with E-state index in [0.717, 1.165) is 16.7 Å². The number of aromatic nitrogens is 1. The molecule has 0 saturated heterocycles. The molecule has 0 aliphatic rings. The molecule has 0 bridgehead atoms. The van der Waals surface area contributed by atoms with E-state index >= 15 is 0 Å². The van der Waals surface area contributed by atoms with Gasteiger partial charge >= 0.3 is 18.1 Å². The smallest absolute Gasteiger partial charge is 0.489 e. The SMILES string of the molecule is CSc1cc(F)c(F)cc1-c1ccc(OCc2cccc(C(=O)N(CC(=O)O)Cc3cccnc3)c2)cc1.O=C(O)C(F)(F)F. The van der Waals surface area contributed by atoms with Gasteiger partial charge in [-0.2, -0.15) is 13.2 Å². The third kappa shape index (κ3) is 10.3. The topological polar surface area (TPSA) is 117 Å². The Kier molecular flexibility index (Phi) is 12.0. The summed E-state index contributed by atoms with van der Waals surface area (Å²) in [4.78, 5) is 39.3. The number of ether oxygens (including phenoxy) is 1. The number of halogens is 5. The predicted molar refractivity (Wildman–Crippen MR) is 155 cm³/mol. The van der Waals surface area contributed by atoms with Gasteiger partial charge in [-0.3, -0.25) is 14.6 Å². The first-order chi connectivity index (χ1) is 21.3. The highest BCUT2D eigenvalue weighted by molar-refractivity contribution is 7.98. The van der Waals surface area contributed by atoms with Crippen molar-refractivity contribution in [2.24, 2.45) is 0 Å². The molecular formula is C31H25F5N2O6S. The van der Waals surface area contributed by atoms with Crippen LogP contribution in [0.2, 0.25) is 0 Å². The van der Waals surface area contributed by atoms with E-state index in [1.807, 2.05) is 0 Å². The summed E-state index contributed by atoms with van der Waals surface area (Å²) in [7, 11) is 0. The molecule has 0 saturated carbocycles. The molecule has 8 nitrogen and oxygen atoms in total. The highest BCUT2D eigenvalue weighted by Crippen LogP contribution is 2.33. The van der Waals surface area contributed by atoms with Crippen molar-refractivity contribution in [1.29, 1.82) is 0 Å². The molecule has 0 fully saturated rings. The molecule has 1 amide bonds. The number of rotatable bonds is 10. The van der Waals surface area contributed by atoms with Gasteiger partial charge in [-0.15, -0.1) is 11.8 Å². The van der Waals surface area contributed by atoms with Gasteiger partial charge in [0.25, 0.3) is 5.91 Å². The third-order valence-electron chi connectivity index (χ3n) is 5.94. The molecule has 1 aromatic heterocycles. The van der Waals surface area contributed by atoms with Crippen molar-refractivity contribution in [3.05, 3.63) is 114 Å². The summed E-state index contributed by atoms with van der Waals surface area (Å²) in [5, 5.41) is 16.4. The standard InChI is InChI=1S/C29H24F2N2O4S.C2HF3O2/c1-38-27-14-26(31)25(30)13-24(27)21-7-9-23(10-8-21)37-18-19-4-2-6-22(12-19)29(36)33(17-28(34)35)16-20-5-3-11-32-15-20;3-2(4,5)1(6)7/h2-15H,16-18H2,1H3,(H,34,35);(H,6,7). The summed E-state index contributed by atoms with van der Waals surface area (Å²) < 4.78 is 65.0. The lowest BCUT2D eigenvalue weighted by Crippen LogP contribution is -2.35. The molecule has 14 heteroatoms. The fourth-order valence-corrected chi connectivity index (χ4v) is 4.49. The molecule has 3 aromatic carbocycles. The normalized spacial score (nSPS) is 10.8. The molecule has 45 heavy (non-hydrogen) atoms. The van der Waals surface area contributed by atoms with Gasteiger partial charge in [-0.1, -0.05) is 30.3 Å². The summed E-state index contributed by atoms with van der Waals surface area (Å²) >= 11 is 1.33. The molecule has 1 heterocycles. The zero-order chi connectivity index (χ0) is 33.1. The van der Waals surface area contributed by atoms with Crippen LogP contribution in [0.25, 0.3) is 11.1 Å². The van der Waals surface area contributed by atoms with Gasteiger partial charge in [0.1, 0.15) is 18.9 Å². The van der Waals surface area contributed by atoms with Crippen LogP contribution in [0, 0.1) is 11.6 Å². The van der Waals surface area contributed by atoms with Gasteiger partial charge in [-0.25, -0.2) is 13.6 Å². The zero-order valence-electron chi connectivity index (χ0n) is 23.4. The Hall–Kier alpha value is -4.98. The van der Waals surface area contributed by atoms with Gasteiger partial charge < -0.3 is 19.8 Å². The minimum absolute atomic E-state index is 0.113. The number of carboxylic acid groups (broad SMARTS) is 2. The second-order valence-electron chi connectivity index (χ2n) is 9.20. The fraction of sp³-hybridized carbons (Fsp3) is 0.161. The van der Waals surface area contributed by atoms with Crippen molar-refractivity contribution in [3.63, 3.8) is 0 Å². The van der Waals surface area contributed by atoms with Crippen LogP contribution in [0.4, 0.5) is 22.0 Å². The molecule has 0 aliphatic carbocycles. The Morgan fingerprint density at radius 3 is 2.13 bits per heavy atom.